The van der Waals surface area contributed by atoms with Crippen LogP contribution in [-0.4, -0.2) is 31.7 Å². The predicted octanol–water partition coefficient (Wildman–Crippen LogP) is 4.71. The number of rotatable bonds is 8. The van der Waals surface area contributed by atoms with Gasteiger partial charge in [-0.15, -0.1) is 0 Å². The fourth-order valence-corrected chi connectivity index (χ4v) is 3.64. The van der Waals surface area contributed by atoms with Gasteiger partial charge in [0.2, 0.25) is 0 Å². The molecule has 0 heterocycles. The zero-order valence-electron chi connectivity index (χ0n) is 17.9. The smallest absolute Gasteiger partial charge is 0.158 e. The van der Waals surface area contributed by atoms with Crippen molar-refractivity contribution in [2.75, 3.05) is 20.8 Å². The van der Waals surface area contributed by atoms with Gasteiger partial charge in [-0.05, 0) is 77.1 Å². The van der Waals surface area contributed by atoms with Gasteiger partial charge in [-0.25, -0.2) is 0 Å². The number of methoxy groups -OCH3 is 2. The first-order valence-corrected chi connectivity index (χ1v) is 9.99. The molecule has 0 spiro atoms. The number of carbonyl (C=O) groups is 1. The number of Topliss-reactive ketones (excluding diaryl/α,β-unsaturated/α-hetero) is 1. The second-order valence-electron chi connectivity index (χ2n) is 7.28. The molecule has 5 nitrogen and oxygen atoms in total. The maximum absolute atomic E-state index is 11.6. The van der Waals surface area contributed by atoms with E-state index in [9.17, 15) is 10.1 Å². The van der Waals surface area contributed by atoms with Gasteiger partial charge in [0, 0.05) is 6.42 Å². The molecule has 0 aliphatic carbocycles. The molecule has 0 amide bonds. The number of aliphatic hydroxyl groups is 1. The Morgan fingerprint density at radius 1 is 0.968 bits per heavy atom. The zero-order chi connectivity index (χ0) is 22.4. The Balaban J connectivity index is 2.03. The number of aryl methyl sites for hydroxylation is 2. The second kappa shape index (κ2) is 9.92. The van der Waals surface area contributed by atoms with Gasteiger partial charge < -0.3 is 14.6 Å². The van der Waals surface area contributed by atoms with Crippen LogP contribution in [0.2, 0.25) is 0 Å². The van der Waals surface area contributed by atoms with Crippen molar-refractivity contribution in [3.05, 3.63) is 71.3 Å². The first-order valence-electron chi connectivity index (χ1n) is 9.99. The summed E-state index contributed by atoms with van der Waals surface area (Å²) in [4.78, 5) is 11.6. The number of nitriles is 1. The lowest BCUT2D eigenvalue weighted by atomic mass is 9.91. The first kappa shape index (κ1) is 22.1. The molecule has 3 aromatic rings. The van der Waals surface area contributed by atoms with Crippen LogP contribution in [0.3, 0.4) is 0 Å². The average Bonchev–Trinajstić information content (AvgIpc) is 2.81. The summed E-state index contributed by atoms with van der Waals surface area (Å²) < 4.78 is 10.7. The van der Waals surface area contributed by atoms with Crippen LogP contribution in [-0.2, 0) is 11.2 Å². The van der Waals surface area contributed by atoms with E-state index in [1.165, 1.54) is 0 Å². The molecular weight excluding hydrogens is 390 g/mol. The molecule has 158 valence electrons. The van der Waals surface area contributed by atoms with Gasteiger partial charge in [0.25, 0.3) is 0 Å². The molecule has 0 saturated heterocycles. The van der Waals surface area contributed by atoms with Crippen molar-refractivity contribution in [2.45, 2.75) is 19.8 Å². The van der Waals surface area contributed by atoms with Gasteiger partial charge in [-0.2, -0.15) is 5.26 Å². The third-order valence-electron chi connectivity index (χ3n) is 5.32. The highest BCUT2D eigenvalue weighted by Crippen LogP contribution is 2.34. The summed E-state index contributed by atoms with van der Waals surface area (Å²) in [5.74, 6) is 1.29. The molecule has 1 N–H and O–H groups in total. The van der Waals surface area contributed by atoms with Crippen molar-refractivity contribution >= 4 is 5.78 Å². The van der Waals surface area contributed by atoms with Crippen LogP contribution in [0.25, 0.3) is 22.3 Å². The second-order valence-corrected chi connectivity index (χ2v) is 7.28. The predicted molar refractivity (Wildman–Crippen MR) is 120 cm³/mol. The SMILES string of the molecule is COc1ccc(-c2ccc(-c3ccc(OC)c(C)c3)c(C#N)c2)c(CCC(=O)CO)c1. The molecule has 0 radical (unpaired) electrons. The molecule has 31 heavy (non-hydrogen) atoms. The van der Waals surface area contributed by atoms with Gasteiger partial charge in [-0.1, -0.05) is 24.3 Å². The Morgan fingerprint density at radius 3 is 2.32 bits per heavy atom. The summed E-state index contributed by atoms with van der Waals surface area (Å²) in [5.41, 5.74) is 6.11. The number of hydrogen-bond acceptors (Lipinski definition) is 5. The average molecular weight is 415 g/mol. The lowest BCUT2D eigenvalue weighted by Crippen LogP contribution is -2.05. The minimum Gasteiger partial charge on any atom is -0.497 e. The van der Waals surface area contributed by atoms with Crippen LogP contribution in [0, 0.1) is 18.3 Å². The van der Waals surface area contributed by atoms with Crippen molar-refractivity contribution in [1.29, 1.82) is 5.26 Å². The van der Waals surface area contributed by atoms with Crippen LogP contribution in [0.15, 0.2) is 54.6 Å². The van der Waals surface area contributed by atoms with Crippen LogP contribution >= 0.6 is 0 Å². The first-order chi connectivity index (χ1) is 15.0. The van der Waals surface area contributed by atoms with Crippen LogP contribution in [0.5, 0.6) is 11.5 Å². The Labute approximate surface area is 182 Å². The summed E-state index contributed by atoms with van der Waals surface area (Å²) in [5, 5.41) is 18.9. The number of aliphatic hydroxyl groups excluding tert-OH is 1. The molecule has 5 heteroatoms. The van der Waals surface area contributed by atoms with E-state index >= 15 is 0 Å². The van der Waals surface area contributed by atoms with E-state index in [0.29, 0.717) is 17.7 Å². The van der Waals surface area contributed by atoms with Crippen molar-refractivity contribution in [1.82, 2.24) is 0 Å². The van der Waals surface area contributed by atoms with Gasteiger partial charge in [-0.3, -0.25) is 4.79 Å². The highest BCUT2D eigenvalue weighted by Gasteiger charge is 2.13. The molecular formula is C26H25NO4. The topological polar surface area (TPSA) is 79.5 Å². The molecule has 0 bridgehead atoms. The molecule has 0 aliphatic rings. The molecule has 3 aromatic carbocycles. The van der Waals surface area contributed by atoms with Crippen molar-refractivity contribution in [2.24, 2.45) is 0 Å². The maximum atomic E-state index is 11.6. The third-order valence-corrected chi connectivity index (χ3v) is 5.32. The maximum Gasteiger partial charge on any atom is 0.158 e. The molecule has 0 saturated carbocycles. The van der Waals surface area contributed by atoms with Crippen molar-refractivity contribution < 1.29 is 19.4 Å². The standard InChI is InChI=1S/C26H25NO4/c1-17-12-18(6-11-26(17)31-3)25-9-5-19(13-21(25)15-27)24-10-8-23(30-2)14-20(24)4-7-22(29)16-28/h5-6,8-14,28H,4,7,16H2,1-3H3. The highest BCUT2D eigenvalue weighted by molar-refractivity contribution is 5.81. The van der Waals surface area contributed by atoms with E-state index in [2.05, 4.69) is 6.07 Å². The number of carbonyl (C=O) groups excluding carboxylic acids is 1. The fourth-order valence-electron chi connectivity index (χ4n) is 3.64. The van der Waals surface area contributed by atoms with E-state index in [4.69, 9.17) is 14.6 Å². The number of nitrogens with zero attached hydrogens (tertiary/aromatic N) is 1. The lowest BCUT2D eigenvalue weighted by molar-refractivity contribution is -0.121. The van der Waals surface area contributed by atoms with E-state index in [1.807, 2.05) is 61.5 Å². The summed E-state index contributed by atoms with van der Waals surface area (Å²) >= 11 is 0. The largest absolute Gasteiger partial charge is 0.497 e. The Hall–Kier alpha value is -3.62. The molecule has 0 unspecified atom stereocenters. The molecule has 3 rings (SSSR count). The Morgan fingerprint density at radius 2 is 1.68 bits per heavy atom. The van der Waals surface area contributed by atoms with Gasteiger partial charge >= 0.3 is 0 Å². The van der Waals surface area contributed by atoms with Crippen LogP contribution < -0.4 is 9.47 Å². The Bertz CT molecular complexity index is 1140. The lowest BCUT2D eigenvalue weighted by Gasteiger charge is -2.14. The molecule has 0 atom stereocenters. The van der Waals surface area contributed by atoms with Crippen LogP contribution in [0.1, 0.15) is 23.1 Å². The van der Waals surface area contributed by atoms with E-state index in [0.717, 1.165) is 39.1 Å². The van der Waals surface area contributed by atoms with Gasteiger partial charge in [0.1, 0.15) is 18.1 Å². The quantitative estimate of drug-likeness (QED) is 0.576. The summed E-state index contributed by atoms with van der Waals surface area (Å²) in [6.45, 7) is 1.51. The van der Waals surface area contributed by atoms with Crippen molar-refractivity contribution in [3.63, 3.8) is 0 Å². The number of ether oxygens (including phenoxy) is 2. The molecule has 0 fully saturated rings. The zero-order valence-corrected chi connectivity index (χ0v) is 17.9. The summed E-state index contributed by atoms with van der Waals surface area (Å²) in [6.07, 6.45) is 0.720. The van der Waals surface area contributed by atoms with Crippen LogP contribution in [0.4, 0.5) is 0 Å². The Kier molecular flexibility index (Phi) is 7.07. The minimum atomic E-state index is -0.464. The highest BCUT2D eigenvalue weighted by atomic mass is 16.5. The normalized spacial score (nSPS) is 10.4. The van der Waals surface area contributed by atoms with E-state index < -0.39 is 6.61 Å². The van der Waals surface area contributed by atoms with E-state index in [-0.39, 0.29) is 12.2 Å². The molecule has 0 aliphatic heterocycles. The fraction of sp³-hybridized carbons (Fsp3) is 0.231. The van der Waals surface area contributed by atoms with Gasteiger partial charge in [0.05, 0.1) is 25.9 Å². The number of ketones is 1. The number of hydrogen-bond donors (Lipinski definition) is 1. The molecule has 0 aromatic heterocycles. The number of benzene rings is 3. The monoisotopic (exact) mass is 415 g/mol. The van der Waals surface area contributed by atoms with Gasteiger partial charge in [0.15, 0.2) is 5.78 Å². The summed E-state index contributed by atoms with van der Waals surface area (Å²) in [7, 11) is 3.23. The minimum absolute atomic E-state index is 0.211. The van der Waals surface area contributed by atoms with E-state index in [1.54, 1.807) is 14.2 Å². The third kappa shape index (κ3) is 4.93. The van der Waals surface area contributed by atoms with Crippen molar-refractivity contribution in [3.8, 4) is 39.8 Å². The summed E-state index contributed by atoms with van der Waals surface area (Å²) in [6, 6.07) is 19.7.